The first-order valence-corrected chi connectivity index (χ1v) is 7.51. The van der Waals surface area contributed by atoms with Gasteiger partial charge in [0.25, 0.3) is 0 Å². The molecule has 0 aromatic heterocycles. The molecule has 2 nitrogen and oxygen atoms in total. The number of nitrogens with one attached hydrogen (secondary N) is 1. The molecule has 0 aromatic carbocycles. The third-order valence-corrected chi connectivity index (χ3v) is 3.47. The maximum Gasteiger partial charge on any atom is 0.0462 e. The summed E-state index contributed by atoms with van der Waals surface area (Å²) in [6.45, 7) is 3.19. The molecule has 1 atom stereocenters. The molecule has 0 saturated carbocycles. The van der Waals surface area contributed by atoms with E-state index in [2.05, 4.69) is 19.3 Å². The number of unbranched alkanes of at least 4 members (excludes halogenated alkanes) is 6. The molecule has 1 unspecified atom stereocenters. The Balaban J connectivity index is 3.28. The van der Waals surface area contributed by atoms with Gasteiger partial charge in [-0.1, -0.05) is 45.4 Å². The Bertz CT molecular complexity index is 139. The summed E-state index contributed by atoms with van der Waals surface area (Å²) in [6.07, 6.45) is 13.5. The summed E-state index contributed by atoms with van der Waals surface area (Å²) in [5.74, 6) is 0. The molecule has 0 aliphatic carbocycles. The summed E-state index contributed by atoms with van der Waals surface area (Å²) in [4.78, 5) is 0. The first-order chi connectivity index (χ1) is 8.35. The molecule has 104 valence electrons. The minimum absolute atomic E-state index is 0.720. The molecule has 0 fully saturated rings. The SMILES string of the molecule is CCCCCCCCC(CCCCOC)NC. The summed E-state index contributed by atoms with van der Waals surface area (Å²) in [6, 6.07) is 0.720. The predicted molar refractivity (Wildman–Crippen MR) is 76.6 cm³/mol. The molecule has 1 N–H and O–H groups in total. The van der Waals surface area contributed by atoms with Gasteiger partial charge in [0.15, 0.2) is 0 Å². The van der Waals surface area contributed by atoms with Crippen LogP contribution in [0, 0.1) is 0 Å². The van der Waals surface area contributed by atoms with E-state index in [0.717, 1.165) is 12.6 Å². The highest BCUT2D eigenvalue weighted by molar-refractivity contribution is 4.64. The molecule has 0 aliphatic rings. The lowest BCUT2D eigenvalue weighted by atomic mass is 10.0. The van der Waals surface area contributed by atoms with E-state index >= 15 is 0 Å². The standard InChI is InChI=1S/C15H33NO/c1-4-5-6-7-8-9-12-15(16-2)13-10-11-14-17-3/h15-16H,4-14H2,1-3H3. The van der Waals surface area contributed by atoms with Gasteiger partial charge in [-0.3, -0.25) is 0 Å². The lowest BCUT2D eigenvalue weighted by Crippen LogP contribution is -2.25. The normalized spacial score (nSPS) is 12.9. The summed E-state index contributed by atoms with van der Waals surface area (Å²) < 4.78 is 5.07. The average Bonchev–Trinajstić information content (AvgIpc) is 2.36. The molecule has 0 saturated heterocycles. The molecular formula is C15H33NO. The highest BCUT2D eigenvalue weighted by Crippen LogP contribution is 2.12. The van der Waals surface area contributed by atoms with Gasteiger partial charge in [0, 0.05) is 19.8 Å². The summed E-state index contributed by atoms with van der Waals surface area (Å²) in [5.41, 5.74) is 0. The van der Waals surface area contributed by atoms with Crippen LogP contribution in [0.5, 0.6) is 0 Å². The van der Waals surface area contributed by atoms with Gasteiger partial charge in [0.05, 0.1) is 0 Å². The molecule has 0 aromatic rings. The van der Waals surface area contributed by atoms with Crippen LogP contribution < -0.4 is 5.32 Å². The molecule has 2 heteroatoms. The van der Waals surface area contributed by atoms with Crippen LogP contribution in [0.1, 0.15) is 71.1 Å². The van der Waals surface area contributed by atoms with Crippen LogP contribution in [0.4, 0.5) is 0 Å². The predicted octanol–water partition coefficient (Wildman–Crippen LogP) is 4.14. The monoisotopic (exact) mass is 243 g/mol. The van der Waals surface area contributed by atoms with Crippen molar-refractivity contribution in [2.24, 2.45) is 0 Å². The van der Waals surface area contributed by atoms with Crippen LogP contribution in [0.3, 0.4) is 0 Å². The average molecular weight is 243 g/mol. The molecule has 0 heterocycles. The lowest BCUT2D eigenvalue weighted by Gasteiger charge is -2.15. The summed E-state index contributed by atoms with van der Waals surface area (Å²) >= 11 is 0. The Kier molecular flexibility index (Phi) is 13.9. The molecule has 0 spiro atoms. The van der Waals surface area contributed by atoms with Gasteiger partial charge >= 0.3 is 0 Å². The van der Waals surface area contributed by atoms with Crippen molar-refractivity contribution in [2.45, 2.75) is 77.2 Å². The Labute approximate surface area is 109 Å². The third kappa shape index (κ3) is 12.2. The van der Waals surface area contributed by atoms with Crippen LogP contribution in [-0.4, -0.2) is 26.8 Å². The molecule has 17 heavy (non-hydrogen) atoms. The summed E-state index contributed by atoms with van der Waals surface area (Å²) in [7, 11) is 3.88. The second-order valence-corrected chi connectivity index (χ2v) is 5.03. The lowest BCUT2D eigenvalue weighted by molar-refractivity contribution is 0.190. The van der Waals surface area contributed by atoms with Crippen LogP contribution >= 0.6 is 0 Å². The molecule has 0 aliphatic heterocycles. The second-order valence-electron chi connectivity index (χ2n) is 5.03. The van der Waals surface area contributed by atoms with Crippen molar-refractivity contribution in [3.05, 3.63) is 0 Å². The summed E-state index contributed by atoms with van der Waals surface area (Å²) in [5, 5.41) is 3.44. The van der Waals surface area contributed by atoms with Crippen molar-refractivity contribution < 1.29 is 4.74 Å². The first-order valence-electron chi connectivity index (χ1n) is 7.51. The second kappa shape index (κ2) is 14.0. The molecule has 0 rings (SSSR count). The molecule has 0 amide bonds. The zero-order valence-electron chi connectivity index (χ0n) is 12.3. The van der Waals surface area contributed by atoms with E-state index in [-0.39, 0.29) is 0 Å². The smallest absolute Gasteiger partial charge is 0.0462 e. The molecule has 0 radical (unpaired) electrons. The zero-order chi connectivity index (χ0) is 12.8. The van der Waals surface area contributed by atoms with Crippen LogP contribution in [-0.2, 0) is 4.74 Å². The van der Waals surface area contributed by atoms with Crippen molar-refractivity contribution in [1.82, 2.24) is 5.32 Å². The highest BCUT2D eigenvalue weighted by atomic mass is 16.5. The van der Waals surface area contributed by atoms with Crippen molar-refractivity contribution in [1.29, 1.82) is 0 Å². The Morgan fingerprint density at radius 2 is 1.47 bits per heavy atom. The van der Waals surface area contributed by atoms with E-state index in [4.69, 9.17) is 4.74 Å². The Morgan fingerprint density at radius 3 is 2.06 bits per heavy atom. The van der Waals surface area contributed by atoms with Gasteiger partial charge in [-0.15, -0.1) is 0 Å². The van der Waals surface area contributed by atoms with E-state index in [9.17, 15) is 0 Å². The number of rotatable bonds is 13. The van der Waals surface area contributed by atoms with E-state index < -0.39 is 0 Å². The molecular weight excluding hydrogens is 210 g/mol. The Hall–Kier alpha value is -0.0800. The van der Waals surface area contributed by atoms with Crippen molar-refractivity contribution >= 4 is 0 Å². The number of methoxy groups -OCH3 is 1. The van der Waals surface area contributed by atoms with Crippen LogP contribution in [0.15, 0.2) is 0 Å². The number of ether oxygens (including phenoxy) is 1. The molecule has 0 bridgehead atoms. The maximum absolute atomic E-state index is 5.07. The van der Waals surface area contributed by atoms with E-state index in [1.807, 2.05) is 0 Å². The van der Waals surface area contributed by atoms with Gasteiger partial charge in [0.2, 0.25) is 0 Å². The van der Waals surface area contributed by atoms with Crippen LogP contribution in [0.2, 0.25) is 0 Å². The van der Waals surface area contributed by atoms with E-state index in [0.29, 0.717) is 0 Å². The maximum atomic E-state index is 5.07. The van der Waals surface area contributed by atoms with E-state index in [1.165, 1.54) is 64.2 Å². The first kappa shape index (κ1) is 16.9. The van der Waals surface area contributed by atoms with Gasteiger partial charge in [-0.25, -0.2) is 0 Å². The minimum atomic E-state index is 0.720. The van der Waals surface area contributed by atoms with Crippen molar-refractivity contribution in [2.75, 3.05) is 20.8 Å². The van der Waals surface area contributed by atoms with Gasteiger partial charge in [-0.2, -0.15) is 0 Å². The van der Waals surface area contributed by atoms with E-state index in [1.54, 1.807) is 7.11 Å². The van der Waals surface area contributed by atoms with Crippen molar-refractivity contribution in [3.63, 3.8) is 0 Å². The largest absolute Gasteiger partial charge is 0.385 e. The van der Waals surface area contributed by atoms with Crippen LogP contribution in [0.25, 0.3) is 0 Å². The van der Waals surface area contributed by atoms with Gasteiger partial charge in [-0.05, 0) is 32.7 Å². The number of hydrogen-bond acceptors (Lipinski definition) is 2. The van der Waals surface area contributed by atoms with Crippen molar-refractivity contribution in [3.8, 4) is 0 Å². The highest BCUT2D eigenvalue weighted by Gasteiger charge is 2.04. The Morgan fingerprint density at radius 1 is 0.882 bits per heavy atom. The quantitative estimate of drug-likeness (QED) is 0.491. The third-order valence-electron chi connectivity index (χ3n) is 3.47. The fraction of sp³-hybridized carbons (Fsp3) is 1.00. The minimum Gasteiger partial charge on any atom is -0.385 e. The van der Waals surface area contributed by atoms with Gasteiger partial charge < -0.3 is 10.1 Å². The zero-order valence-corrected chi connectivity index (χ0v) is 12.3. The fourth-order valence-electron chi connectivity index (χ4n) is 2.24. The fourth-order valence-corrected chi connectivity index (χ4v) is 2.24. The number of hydrogen-bond donors (Lipinski definition) is 1. The van der Waals surface area contributed by atoms with Gasteiger partial charge in [0.1, 0.15) is 0 Å². The topological polar surface area (TPSA) is 21.3 Å².